The van der Waals surface area contributed by atoms with Crippen LogP contribution >= 0.6 is 34.8 Å². The van der Waals surface area contributed by atoms with E-state index in [9.17, 15) is 0 Å². The molecule has 0 N–H and O–H groups in total. The quantitative estimate of drug-likeness (QED) is 0.615. The van der Waals surface area contributed by atoms with E-state index in [2.05, 4.69) is 0 Å². The molecule has 4 heteroatoms. The summed E-state index contributed by atoms with van der Waals surface area (Å²) >= 11 is 15.1. The molecule has 0 radical (unpaired) electrons. The van der Waals surface area contributed by atoms with E-state index in [1.165, 1.54) is 0 Å². The van der Waals surface area contributed by atoms with Crippen molar-refractivity contribution in [3.63, 3.8) is 0 Å². The van der Waals surface area contributed by atoms with Gasteiger partial charge >= 0.3 is 0 Å². The monoisotopic (exact) mass is 221 g/mol. The molecular formula is C8H6Cl3N. The van der Waals surface area contributed by atoms with Crippen molar-refractivity contribution >= 4 is 34.8 Å². The van der Waals surface area contributed by atoms with Crippen LogP contribution in [0, 0.1) is 11.3 Å². The predicted molar refractivity (Wildman–Crippen MR) is 52.7 cm³/mol. The van der Waals surface area contributed by atoms with Crippen LogP contribution in [0.4, 0.5) is 0 Å². The van der Waals surface area contributed by atoms with Gasteiger partial charge in [-0.05, 0) is 12.1 Å². The van der Waals surface area contributed by atoms with E-state index in [1.54, 1.807) is 24.3 Å². The molecule has 0 amide bonds. The Labute approximate surface area is 86.5 Å². The first-order valence-corrected chi connectivity index (χ1v) is 4.47. The summed E-state index contributed by atoms with van der Waals surface area (Å²) in [6.07, 6.45) is 0. The Bertz CT molecular complexity index is 267. The lowest BCUT2D eigenvalue weighted by Gasteiger charge is -1.88. The van der Waals surface area contributed by atoms with Crippen LogP contribution in [0.5, 0.6) is 0 Å². The van der Waals surface area contributed by atoms with Gasteiger partial charge in [0.2, 0.25) is 0 Å². The molecule has 1 nitrogen and oxygen atoms in total. The molecule has 0 fully saturated rings. The third-order valence-corrected chi connectivity index (χ3v) is 1.32. The molecule has 0 saturated carbocycles. The Morgan fingerprint density at radius 2 is 1.75 bits per heavy atom. The normalized spacial score (nSPS) is 7.83. The molecule has 0 saturated heterocycles. The first-order valence-electron chi connectivity index (χ1n) is 3.02. The molecule has 0 aromatic heterocycles. The summed E-state index contributed by atoms with van der Waals surface area (Å²) in [5.41, 5.74) is 0.527. The molecule has 0 bridgehead atoms. The summed E-state index contributed by atoms with van der Waals surface area (Å²) in [6.45, 7) is 0. The smallest absolute Gasteiger partial charge is 0.101 e. The fourth-order valence-electron chi connectivity index (χ4n) is 0.552. The van der Waals surface area contributed by atoms with Crippen LogP contribution in [-0.2, 0) is 0 Å². The maximum atomic E-state index is 8.38. The van der Waals surface area contributed by atoms with E-state index in [0.29, 0.717) is 10.6 Å². The Morgan fingerprint density at radius 1 is 1.25 bits per heavy atom. The number of benzene rings is 1. The average Bonchev–Trinajstić information content (AvgIpc) is 2.07. The van der Waals surface area contributed by atoms with E-state index >= 15 is 0 Å². The van der Waals surface area contributed by atoms with E-state index in [1.807, 2.05) is 6.07 Å². The Kier molecular flexibility index (Phi) is 6.99. The van der Waals surface area contributed by atoms with Gasteiger partial charge in [0, 0.05) is 0 Å². The lowest BCUT2D eigenvalue weighted by molar-refractivity contribution is 1.48. The van der Waals surface area contributed by atoms with Crippen molar-refractivity contribution in [1.82, 2.24) is 0 Å². The van der Waals surface area contributed by atoms with Crippen LogP contribution < -0.4 is 0 Å². The third-order valence-electron chi connectivity index (χ3n) is 0.994. The highest BCUT2D eigenvalue weighted by molar-refractivity contribution is 6.40. The second kappa shape index (κ2) is 7.24. The van der Waals surface area contributed by atoms with Gasteiger partial charge in [-0.25, -0.2) is 0 Å². The maximum absolute atomic E-state index is 8.38. The molecular weight excluding hydrogens is 216 g/mol. The Morgan fingerprint density at radius 3 is 2.08 bits per heavy atom. The van der Waals surface area contributed by atoms with Gasteiger partial charge in [-0.15, -0.1) is 23.2 Å². The van der Waals surface area contributed by atoms with Gasteiger partial charge in [0.05, 0.1) is 15.9 Å². The van der Waals surface area contributed by atoms with Crippen LogP contribution in [0.1, 0.15) is 5.56 Å². The molecule has 0 atom stereocenters. The molecule has 1 aromatic carbocycles. The Balaban J connectivity index is 0.000000354. The maximum Gasteiger partial charge on any atom is 0.101 e. The molecule has 0 spiro atoms. The second-order valence-corrected chi connectivity index (χ2v) is 2.91. The molecule has 1 aromatic rings. The van der Waals surface area contributed by atoms with Crippen molar-refractivity contribution in [1.29, 1.82) is 5.26 Å². The summed E-state index contributed by atoms with van der Waals surface area (Å²) in [7, 11) is 0. The SMILES string of the molecule is ClCCl.N#Cc1ccccc1Cl. The van der Waals surface area contributed by atoms with Gasteiger partial charge in [-0.3, -0.25) is 0 Å². The molecule has 1 rings (SSSR count). The zero-order chi connectivity index (χ0) is 9.40. The fourth-order valence-corrected chi connectivity index (χ4v) is 0.730. The van der Waals surface area contributed by atoms with Crippen molar-refractivity contribution in [3.8, 4) is 6.07 Å². The minimum atomic E-state index is 0.194. The lowest BCUT2D eigenvalue weighted by Crippen LogP contribution is -1.71. The highest BCUT2D eigenvalue weighted by atomic mass is 35.5. The summed E-state index contributed by atoms with van der Waals surface area (Å²) in [5, 5.41) is 9.09. The van der Waals surface area contributed by atoms with Crippen LogP contribution in [0.2, 0.25) is 5.02 Å². The highest BCUT2D eigenvalue weighted by Gasteiger charge is 1.92. The standard InChI is InChI=1S/C7H4ClN.CH2Cl2/c8-7-4-2-1-3-6(7)5-9;2-1-3/h1-4H;1H2. The van der Waals surface area contributed by atoms with Gasteiger partial charge < -0.3 is 0 Å². The predicted octanol–water partition coefficient (Wildman–Crippen LogP) is 3.63. The third kappa shape index (κ3) is 4.46. The molecule has 0 aliphatic carbocycles. The van der Waals surface area contributed by atoms with Crippen molar-refractivity contribution in [3.05, 3.63) is 34.9 Å². The van der Waals surface area contributed by atoms with Crippen molar-refractivity contribution in [2.24, 2.45) is 0 Å². The number of rotatable bonds is 0. The number of nitrogens with zero attached hydrogens (tertiary/aromatic N) is 1. The summed E-state index contributed by atoms with van der Waals surface area (Å²) in [4.78, 5) is 0. The van der Waals surface area contributed by atoms with E-state index in [4.69, 9.17) is 40.1 Å². The number of hydrogen-bond donors (Lipinski definition) is 0. The van der Waals surface area contributed by atoms with Crippen molar-refractivity contribution in [2.45, 2.75) is 0 Å². The molecule has 0 aliphatic heterocycles. The second-order valence-electron chi connectivity index (χ2n) is 1.69. The minimum Gasteiger partial charge on any atom is -0.192 e. The van der Waals surface area contributed by atoms with Gasteiger partial charge in [0.15, 0.2) is 0 Å². The van der Waals surface area contributed by atoms with E-state index < -0.39 is 0 Å². The zero-order valence-electron chi connectivity index (χ0n) is 6.10. The minimum absolute atomic E-state index is 0.194. The zero-order valence-corrected chi connectivity index (χ0v) is 8.37. The number of halogens is 3. The molecule has 0 heterocycles. The van der Waals surface area contributed by atoms with Crippen LogP contribution in [0.15, 0.2) is 24.3 Å². The highest BCUT2D eigenvalue weighted by Crippen LogP contribution is 2.12. The van der Waals surface area contributed by atoms with Crippen molar-refractivity contribution < 1.29 is 0 Å². The molecule has 0 aliphatic rings. The Hall–Kier alpha value is -0.420. The number of hydrogen-bond acceptors (Lipinski definition) is 1. The van der Waals surface area contributed by atoms with E-state index in [0.717, 1.165) is 0 Å². The topological polar surface area (TPSA) is 23.8 Å². The first-order chi connectivity index (χ1) is 5.76. The molecule has 12 heavy (non-hydrogen) atoms. The van der Waals surface area contributed by atoms with Gasteiger partial charge in [0.25, 0.3) is 0 Å². The molecule has 0 unspecified atom stereocenters. The van der Waals surface area contributed by atoms with Gasteiger partial charge in [-0.1, -0.05) is 23.7 Å². The van der Waals surface area contributed by atoms with Crippen LogP contribution in [0.3, 0.4) is 0 Å². The van der Waals surface area contributed by atoms with E-state index in [-0.39, 0.29) is 5.34 Å². The fraction of sp³-hybridized carbons (Fsp3) is 0.125. The number of alkyl halides is 2. The first kappa shape index (κ1) is 11.6. The van der Waals surface area contributed by atoms with Gasteiger partial charge in [-0.2, -0.15) is 5.26 Å². The average molecular weight is 223 g/mol. The summed E-state index contributed by atoms with van der Waals surface area (Å²) in [6, 6.07) is 8.92. The lowest BCUT2D eigenvalue weighted by atomic mass is 10.2. The summed E-state index contributed by atoms with van der Waals surface area (Å²) in [5.74, 6) is 0. The van der Waals surface area contributed by atoms with Gasteiger partial charge in [0.1, 0.15) is 6.07 Å². The van der Waals surface area contributed by atoms with Crippen LogP contribution in [0.25, 0.3) is 0 Å². The summed E-state index contributed by atoms with van der Waals surface area (Å²) < 4.78 is 0. The largest absolute Gasteiger partial charge is 0.192 e. The molecule has 64 valence electrons. The van der Waals surface area contributed by atoms with Crippen molar-refractivity contribution in [2.75, 3.05) is 5.34 Å². The van der Waals surface area contributed by atoms with Crippen LogP contribution in [-0.4, -0.2) is 5.34 Å². The number of nitriles is 1.